The second kappa shape index (κ2) is 7.19. The Morgan fingerprint density at radius 1 is 1.22 bits per heavy atom. The number of nitrogens with zero attached hydrogens (tertiary/aromatic N) is 3. The van der Waals surface area contributed by atoms with Gasteiger partial charge in [-0.1, -0.05) is 25.1 Å². The average Bonchev–Trinajstić information content (AvgIpc) is 2.63. The molecule has 3 rings (SSSR count). The van der Waals surface area contributed by atoms with Crippen molar-refractivity contribution in [2.45, 2.75) is 13.3 Å². The molecular formula is C17H20N4O2. The van der Waals surface area contributed by atoms with Crippen molar-refractivity contribution in [1.82, 2.24) is 14.9 Å². The number of anilines is 2. The number of aryl methyl sites for hydroxylation is 1. The summed E-state index contributed by atoms with van der Waals surface area (Å²) in [6.07, 6.45) is 4.07. The van der Waals surface area contributed by atoms with Crippen LogP contribution in [0.5, 0.6) is 0 Å². The zero-order valence-corrected chi connectivity index (χ0v) is 13.2. The Hall–Kier alpha value is -2.47. The first-order valence-electron chi connectivity index (χ1n) is 7.82. The first-order chi connectivity index (χ1) is 11.3. The Bertz CT molecular complexity index is 667. The number of hydrogen-bond donors (Lipinski definition) is 1. The van der Waals surface area contributed by atoms with E-state index < -0.39 is 0 Å². The van der Waals surface area contributed by atoms with Crippen LogP contribution in [0.3, 0.4) is 0 Å². The Kier molecular flexibility index (Phi) is 4.83. The van der Waals surface area contributed by atoms with Gasteiger partial charge in [-0.05, 0) is 18.1 Å². The van der Waals surface area contributed by atoms with E-state index in [0.29, 0.717) is 37.8 Å². The maximum absolute atomic E-state index is 12.3. The van der Waals surface area contributed by atoms with E-state index >= 15 is 0 Å². The van der Waals surface area contributed by atoms with Crippen molar-refractivity contribution in [2.75, 3.05) is 31.6 Å². The zero-order chi connectivity index (χ0) is 16.1. The standard InChI is InChI=1S/C17H20N4O2/c1-2-13-5-3-4-6-15(13)20-17-18-11-14(12-19-17)16(22)21-7-9-23-10-8-21/h3-6,11-12H,2,7-10H2,1H3,(H,18,19,20). The van der Waals surface area contributed by atoms with Crippen LogP contribution in [0.4, 0.5) is 11.6 Å². The van der Waals surface area contributed by atoms with Crippen molar-refractivity contribution < 1.29 is 9.53 Å². The molecule has 6 heteroatoms. The van der Waals surface area contributed by atoms with Crippen molar-refractivity contribution in [3.05, 3.63) is 47.8 Å². The van der Waals surface area contributed by atoms with E-state index in [1.54, 1.807) is 17.3 Å². The predicted octanol–water partition coefficient (Wildman–Crippen LogP) is 2.25. The molecule has 2 heterocycles. The summed E-state index contributed by atoms with van der Waals surface area (Å²) in [6, 6.07) is 8.04. The van der Waals surface area contributed by atoms with Gasteiger partial charge in [0, 0.05) is 31.2 Å². The van der Waals surface area contributed by atoms with E-state index in [0.717, 1.165) is 12.1 Å². The number of carbonyl (C=O) groups excluding carboxylic acids is 1. The Morgan fingerprint density at radius 3 is 2.61 bits per heavy atom. The quantitative estimate of drug-likeness (QED) is 0.938. The van der Waals surface area contributed by atoms with Crippen LogP contribution < -0.4 is 5.32 Å². The molecule has 0 aliphatic carbocycles. The molecule has 23 heavy (non-hydrogen) atoms. The van der Waals surface area contributed by atoms with Crippen LogP contribution in [-0.4, -0.2) is 47.1 Å². The first-order valence-corrected chi connectivity index (χ1v) is 7.82. The van der Waals surface area contributed by atoms with Gasteiger partial charge in [0.15, 0.2) is 0 Å². The summed E-state index contributed by atoms with van der Waals surface area (Å²) in [5.41, 5.74) is 2.69. The van der Waals surface area contributed by atoms with Crippen LogP contribution in [0.1, 0.15) is 22.8 Å². The SMILES string of the molecule is CCc1ccccc1Nc1ncc(C(=O)N2CCOCC2)cn1. The minimum Gasteiger partial charge on any atom is -0.378 e. The minimum absolute atomic E-state index is 0.0474. The maximum Gasteiger partial charge on any atom is 0.257 e. The highest BCUT2D eigenvalue weighted by molar-refractivity contribution is 5.93. The lowest BCUT2D eigenvalue weighted by molar-refractivity contribution is 0.0302. The molecule has 1 aliphatic heterocycles. The molecular weight excluding hydrogens is 292 g/mol. The minimum atomic E-state index is -0.0474. The summed E-state index contributed by atoms with van der Waals surface area (Å²) in [6.45, 7) is 4.50. The molecule has 120 valence electrons. The van der Waals surface area contributed by atoms with E-state index in [9.17, 15) is 4.79 Å². The van der Waals surface area contributed by atoms with Gasteiger partial charge in [-0.3, -0.25) is 4.79 Å². The van der Waals surface area contributed by atoms with Gasteiger partial charge >= 0.3 is 0 Å². The van der Waals surface area contributed by atoms with Gasteiger partial charge in [0.2, 0.25) is 5.95 Å². The van der Waals surface area contributed by atoms with Crippen molar-refractivity contribution in [3.63, 3.8) is 0 Å². The molecule has 0 spiro atoms. The van der Waals surface area contributed by atoms with Gasteiger partial charge in [0.25, 0.3) is 5.91 Å². The largest absolute Gasteiger partial charge is 0.378 e. The molecule has 1 N–H and O–H groups in total. The average molecular weight is 312 g/mol. The molecule has 2 aromatic rings. The lowest BCUT2D eigenvalue weighted by Gasteiger charge is -2.26. The molecule has 0 bridgehead atoms. The highest BCUT2D eigenvalue weighted by Crippen LogP contribution is 2.19. The topological polar surface area (TPSA) is 67.4 Å². The molecule has 0 saturated carbocycles. The fraction of sp³-hybridized carbons (Fsp3) is 0.353. The van der Waals surface area contributed by atoms with Crippen LogP contribution in [-0.2, 0) is 11.2 Å². The fourth-order valence-electron chi connectivity index (χ4n) is 2.52. The van der Waals surface area contributed by atoms with Gasteiger partial charge in [-0.15, -0.1) is 0 Å². The van der Waals surface area contributed by atoms with E-state index in [1.807, 2.05) is 18.2 Å². The molecule has 1 amide bonds. The number of para-hydroxylation sites is 1. The Labute approximate surface area is 135 Å². The molecule has 1 saturated heterocycles. The molecule has 1 aliphatic rings. The summed E-state index contributed by atoms with van der Waals surface area (Å²) >= 11 is 0. The monoisotopic (exact) mass is 312 g/mol. The number of morpholine rings is 1. The predicted molar refractivity (Wildman–Crippen MR) is 87.9 cm³/mol. The van der Waals surface area contributed by atoms with Crippen LogP contribution in [0.15, 0.2) is 36.7 Å². The van der Waals surface area contributed by atoms with Gasteiger partial charge in [0.1, 0.15) is 0 Å². The van der Waals surface area contributed by atoms with Gasteiger partial charge < -0.3 is 15.0 Å². The maximum atomic E-state index is 12.3. The van der Waals surface area contributed by atoms with Crippen molar-refractivity contribution >= 4 is 17.5 Å². The molecule has 1 fully saturated rings. The number of ether oxygens (including phenoxy) is 1. The van der Waals surface area contributed by atoms with Gasteiger partial charge in [0.05, 0.1) is 18.8 Å². The summed E-state index contributed by atoms with van der Waals surface area (Å²) in [5, 5.41) is 3.20. The second-order valence-electron chi connectivity index (χ2n) is 5.34. The number of benzene rings is 1. The van der Waals surface area contributed by atoms with Crippen molar-refractivity contribution in [1.29, 1.82) is 0 Å². The third-order valence-corrected chi connectivity index (χ3v) is 3.84. The summed E-state index contributed by atoms with van der Waals surface area (Å²) in [4.78, 5) is 22.6. The lowest BCUT2D eigenvalue weighted by Crippen LogP contribution is -2.40. The van der Waals surface area contributed by atoms with Crippen molar-refractivity contribution in [2.24, 2.45) is 0 Å². The first kappa shape index (κ1) is 15.4. The molecule has 0 unspecified atom stereocenters. The number of carbonyl (C=O) groups is 1. The third-order valence-electron chi connectivity index (χ3n) is 3.84. The van der Waals surface area contributed by atoms with Crippen molar-refractivity contribution in [3.8, 4) is 0 Å². The number of hydrogen-bond acceptors (Lipinski definition) is 5. The number of rotatable bonds is 4. The third kappa shape index (κ3) is 3.65. The van der Waals surface area contributed by atoms with Crippen LogP contribution in [0.2, 0.25) is 0 Å². The molecule has 0 radical (unpaired) electrons. The molecule has 0 atom stereocenters. The van der Waals surface area contributed by atoms with Crippen LogP contribution in [0.25, 0.3) is 0 Å². The van der Waals surface area contributed by atoms with Crippen LogP contribution in [0, 0.1) is 0 Å². The van der Waals surface area contributed by atoms with Gasteiger partial charge in [-0.25, -0.2) is 9.97 Å². The summed E-state index contributed by atoms with van der Waals surface area (Å²) in [7, 11) is 0. The normalized spacial score (nSPS) is 14.6. The van der Waals surface area contributed by atoms with E-state index in [1.165, 1.54) is 5.56 Å². The Morgan fingerprint density at radius 2 is 1.91 bits per heavy atom. The highest BCUT2D eigenvalue weighted by atomic mass is 16.5. The lowest BCUT2D eigenvalue weighted by atomic mass is 10.1. The number of aromatic nitrogens is 2. The molecule has 1 aromatic heterocycles. The van der Waals surface area contributed by atoms with E-state index in [4.69, 9.17) is 4.74 Å². The highest BCUT2D eigenvalue weighted by Gasteiger charge is 2.19. The van der Waals surface area contributed by atoms with Crippen LogP contribution >= 0.6 is 0 Å². The van der Waals surface area contributed by atoms with E-state index in [2.05, 4.69) is 28.3 Å². The summed E-state index contributed by atoms with van der Waals surface area (Å²) in [5.74, 6) is 0.443. The molecule has 6 nitrogen and oxygen atoms in total. The zero-order valence-electron chi connectivity index (χ0n) is 13.2. The Balaban J connectivity index is 1.70. The molecule has 1 aromatic carbocycles. The van der Waals surface area contributed by atoms with Gasteiger partial charge in [-0.2, -0.15) is 0 Å². The second-order valence-corrected chi connectivity index (χ2v) is 5.34. The summed E-state index contributed by atoms with van der Waals surface area (Å²) < 4.78 is 5.26. The van der Waals surface area contributed by atoms with E-state index in [-0.39, 0.29) is 5.91 Å². The fourth-order valence-corrected chi connectivity index (χ4v) is 2.52. The number of amides is 1. The smallest absolute Gasteiger partial charge is 0.257 e. The number of nitrogens with one attached hydrogen (secondary N) is 1.